The fourth-order valence-electron chi connectivity index (χ4n) is 5.48. The number of ether oxygens (including phenoxy) is 1. The van der Waals surface area contributed by atoms with Crippen LogP contribution in [0, 0.1) is 29.4 Å². The molecular weight excluding hydrogens is 583 g/mol. The van der Waals surface area contributed by atoms with Gasteiger partial charge in [-0.3, -0.25) is 9.59 Å². The maximum Gasteiger partial charge on any atom is 0.501 e. The van der Waals surface area contributed by atoms with Gasteiger partial charge in [-0.1, -0.05) is 30.4 Å². The number of amides is 2. The van der Waals surface area contributed by atoms with Gasteiger partial charge in [0.2, 0.25) is 5.91 Å². The lowest BCUT2D eigenvalue weighted by Gasteiger charge is -2.28. The summed E-state index contributed by atoms with van der Waals surface area (Å²) in [5.41, 5.74) is -5.59. The minimum Gasteiger partial charge on any atom is -0.496 e. The van der Waals surface area contributed by atoms with Crippen molar-refractivity contribution in [3.05, 3.63) is 90.0 Å². The van der Waals surface area contributed by atoms with Gasteiger partial charge in [-0.2, -0.15) is 13.2 Å². The van der Waals surface area contributed by atoms with Gasteiger partial charge in [0.25, 0.3) is 15.7 Å². The van der Waals surface area contributed by atoms with Gasteiger partial charge in [0.05, 0.1) is 23.5 Å². The summed E-state index contributed by atoms with van der Waals surface area (Å²) < 4.78 is 96.6. The first-order valence-corrected chi connectivity index (χ1v) is 14.1. The number of sulfone groups is 1. The van der Waals surface area contributed by atoms with E-state index in [0.29, 0.717) is 12.5 Å². The summed E-state index contributed by atoms with van der Waals surface area (Å²) in [6, 6.07) is 10.5. The van der Waals surface area contributed by atoms with E-state index in [-0.39, 0.29) is 40.0 Å². The summed E-state index contributed by atoms with van der Waals surface area (Å²) in [4.78, 5) is 25.8. The monoisotopic (exact) mass is 606 g/mol. The molecule has 2 bridgehead atoms. The third kappa shape index (κ3) is 5.36. The Morgan fingerprint density at radius 2 is 1.67 bits per heavy atom. The predicted molar refractivity (Wildman–Crippen MR) is 142 cm³/mol. The molecule has 2 aliphatic rings. The van der Waals surface area contributed by atoms with Gasteiger partial charge < -0.3 is 15.4 Å². The molecule has 1 fully saturated rings. The number of carbonyl (C=O) groups is 2. The molecule has 42 heavy (non-hydrogen) atoms. The number of fused-ring (bicyclic) bond motifs is 2. The lowest BCUT2D eigenvalue weighted by Crippen LogP contribution is -2.47. The number of benzene rings is 3. The highest BCUT2D eigenvalue weighted by atomic mass is 32.2. The second-order valence-electron chi connectivity index (χ2n) is 9.98. The molecule has 7 nitrogen and oxygen atoms in total. The number of halogens is 5. The highest BCUT2D eigenvalue weighted by Gasteiger charge is 2.49. The van der Waals surface area contributed by atoms with Crippen LogP contribution in [0.2, 0.25) is 0 Å². The van der Waals surface area contributed by atoms with Crippen molar-refractivity contribution in [3.8, 4) is 16.9 Å². The quantitative estimate of drug-likeness (QED) is 0.274. The van der Waals surface area contributed by atoms with Crippen LogP contribution < -0.4 is 15.4 Å². The molecule has 0 spiro atoms. The Bertz CT molecular complexity index is 1710. The Balaban J connectivity index is 1.40. The molecular formula is C29H23F5N2O5S. The van der Waals surface area contributed by atoms with Crippen molar-refractivity contribution in [1.82, 2.24) is 5.32 Å². The summed E-state index contributed by atoms with van der Waals surface area (Å²) in [6.45, 7) is 0. The van der Waals surface area contributed by atoms with Gasteiger partial charge in [0.1, 0.15) is 17.4 Å². The Morgan fingerprint density at radius 1 is 0.952 bits per heavy atom. The lowest BCUT2D eigenvalue weighted by atomic mass is 9.87. The molecule has 3 aromatic rings. The number of alkyl halides is 3. The van der Waals surface area contributed by atoms with Crippen LogP contribution >= 0.6 is 0 Å². The number of anilines is 1. The number of hydrogen-bond acceptors (Lipinski definition) is 5. The SMILES string of the molecule is COc1cc(F)c(-c2cccc(F)c2)cc1C(=O)N[C@H]1[C@@H](C(=O)Nc2cccc(S(=O)(=O)C(F)(F)F)c2)[C@@H]2C=C[C@H]1C2. The highest BCUT2D eigenvalue weighted by molar-refractivity contribution is 7.92. The minimum atomic E-state index is -5.63. The second kappa shape index (κ2) is 10.9. The summed E-state index contributed by atoms with van der Waals surface area (Å²) >= 11 is 0. The molecule has 2 amide bonds. The number of hydrogen-bond donors (Lipinski definition) is 2. The zero-order valence-electron chi connectivity index (χ0n) is 21.8. The average Bonchev–Trinajstić information content (AvgIpc) is 3.54. The van der Waals surface area contributed by atoms with Crippen molar-refractivity contribution >= 4 is 27.3 Å². The zero-order valence-corrected chi connectivity index (χ0v) is 22.6. The summed E-state index contributed by atoms with van der Waals surface area (Å²) in [7, 11) is -4.39. The lowest BCUT2D eigenvalue weighted by molar-refractivity contribution is -0.121. The second-order valence-corrected chi connectivity index (χ2v) is 11.9. The molecule has 220 valence electrons. The molecule has 4 atom stereocenters. The maximum atomic E-state index is 14.9. The van der Waals surface area contributed by atoms with E-state index < -0.39 is 55.6 Å². The van der Waals surface area contributed by atoms with Gasteiger partial charge in [-0.05, 0) is 60.2 Å². The molecule has 13 heteroatoms. The number of carbonyl (C=O) groups excluding carboxylic acids is 2. The van der Waals surface area contributed by atoms with E-state index in [2.05, 4.69) is 10.6 Å². The van der Waals surface area contributed by atoms with Crippen LogP contribution in [0.5, 0.6) is 5.75 Å². The van der Waals surface area contributed by atoms with Gasteiger partial charge in [-0.25, -0.2) is 17.2 Å². The number of allylic oxidation sites excluding steroid dienone is 1. The molecule has 0 unspecified atom stereocenters. The van der Waals surface area contributed by atoms with Crippen LogP contribution in [0.25, 0.3) is 11.1 Å². The first kappa shape index (κ1) is 29.2. The van der Waals surface area contributed by atoms with Crippen LogP contribution in [-0.4, -0.2) is 38.9 Å². The Labute approximate surface area is 237 Å². The topological polar surface area (TPSA) is 102 Å². The van der Waals surface area contributed by atoms with E-state index >= 15 is 0 Å². The van der Waals surface area contributed by atoms with Crippen LogP contribution in [0.3, 0.4) is 0 Å². The zero-order chi connectivity index (χ0) is 30.4. The molecule has 3 aromatic carbocycles. The number of nitrogens with one attached hydrogen (secondary N) is 2. The molecule has 5 rings (SSSR count). The standard InChI is InChI=1S/C29H23F5N2O5S/c1-41-24-14-23(31)21(15-4-2-5-18(30)11-15)13-22(24)27(37)36-26-17-9-8-16(10-17)25(26)28(38)35-19-6-3-7-20(12-19)42(39,40)29(32,33)34/h2-9,11-14,16-17,25-26H,10H2,1H3,(H,35,38)(H,36,37)/t16-,17+,25+,26-/m1/s1. The van der Waals surface area contributed by atoms with E-state index in [4.69, 9.17) is 4.74 Å². The molecule has 0 aromatic heterocycles. The van der Waals surface area contributed by atoms with Crippen molar-refractivity contribution in [2.24, 2.45) is 17.8 Å². The smallest absolute Gasteiger partial charge is 0.496 e. The van der Waals surface area contributed by atoms with Crippen molar-refractivity contribution in [1.29, 1.82) is 0 Å². The van der Waals surface area contributed by atoms with Crippen molar-refractivity contribution in [2.45, 2.75) is 22.9 Å². The Hall–Kier alpha value is -4.26. The largest absolute Gasteiger partial charge is 0.501 e. The minimum absolute atomic E-state index is 0.0451. The fraction of sp³-hybridized carbons (Fsp3) is 0.241. The van der Waals surface area contributed by atoms with Crippen molar-refractivity contribution < 1.29 is 44.7 Å². The Kier molecular flexibility index (Phi) is 7.56. The van der Waals surface area contributed by atoms with Gasteiger partial charge >= 0.3 is 5.51 Å². The van der Waals surface area contributed by atoms with E-state index in [9.17, 15) is 40.0 Å². The third-order valence-corrected chi connectivity index (χ3v) is 8.93. The van der Waals surface area contributed by atoms with Gasteiger partial charge in [0, 0.05) is 23.4 Å². The first-order valence-electron chi connectivity index (χ1n) is 12.6. The first-order chi connectivity index (χ1) is 19.8. The fourth-order valence-corrected chi connectivity index (χ4v) is 6.29. The molecule has 0 heterocycles. The van der Waals surface area contributed by atoms with Gasteiger partial charge in [0.15, 0.2) is 0 Å². The van der Waals surface area contributed by atoms with Crippen molar-refractivity contribution in [3.63, 3.8) is 0 Å². The molecule has 0 aliphatic heterocycles. The average molecular weight is 607 g/mol. The molecule has 2 aliphatic carbocycles. The molecule has 1 saturated carbocycles. The van der Waals surface area contributed by atoms with E-state index in [1.54, 1.807) is 0 Å². The summed E-state index contributed by atoms with van der Waals surface area (Å²) in [5.74, 6) is -4.16. The maximum absolute atomic E-state index is 14.9. The van der Waals surface area contributed by atoms with Crippen LogP contribution in [0.4, 0.5) is 27.6 Å². The molecule has 2 N–H and O–H groups in total. The van der Waals surface area contributed by atoms with E-state index in [0.717, 1.165) is 24.3 Å². The summed E-state index contributed by atoms with van der Waals surface area (Å²) in [6.07, 6.45) is 4.17. The normalized spacial score (nSPS) is 21.3. The highest BCUT2D eigenvalue weighted by Crippen LogP contribution is 2.45. The Morgan fingerprint density at radius 3 is 2.36 bits per heavy atom. The van der Waals surface area contributed by atoms with E-state index in [1.807, 2.05) is 12.2 Å². The van der Waals surface area contributed by atoms with Crippen LogP contribution in [-0.2, 0) is 14.6 Å². The third-order valence-electron chi connectivity index (χ3n) is 7.45. The summed E-state index contributed by atoms with van der Waals surface area (Å²) in [5, 5.41) is 5.29. The van der Waals surface area contributed by atoms with Gasteiger partial charge in [-0.15, -0.1) is 0 Å². The number of methoxy groups -OCH3 is 1. The van der Waals surface area contributed by atoms with Crippen molar-refractivity contribution in [2.75, 3.05) is 12.4 Å². The van der Waals surface area contributed by atoms with E-state index in [1.165, 1.54) is 37.4 Å². The predicted octanol–water partition coefficient (Wildman–Crippen LogP) is 5.49. The van der Waals surface area contributed by atoms with Crippen LogP contribution in [0.1, 0.15) is 16.8 Å². The molecule has 0 radical (unpaired) electrons. The number of rotatable bonds is 7. The molecule has 0 saturated heterocycles. The van der Waals surface area contributed by atoms with Crippen LogP contribution in [0.15, 0.2) is 77.7 Å².